The van der Waals surface area contributed by atoms with Crippen LogP contribution in [0, 0.1) is 5.82 Å². The highest BCUT2D eigenvalue weighted by molar-refractivity contribution is 14.0. The van der Waals surface area contributed by atoms with E-state index in [1.54, 1.807) is 30.5 Å². The van der Waals surface area contributed by atoms with Crippen LogP contribution in [-0.4, -0.2) is 44.1 Å². The second-order valence-corrected chi connectivity index (χ2v) is 6.38. The van der Waals surface area contributed by atoms with Crippen LogP contribution in [0.15, 0.2) is 46.8 Å². The van der Waals surface area contributed by atoms with E-state index in [1.165, 1.54) is 11.1 Å². The molecule has 4 nitrogen and oxygen atoms in total. The maximum Gasteiger partial charge on any atom is 0.194 e. The van der Waals surface area contributed by atoms with E-state index in [0.717, 1.165) is 37.7 Å². The summed E-state index contributed by atoms with van der Waals surface area (Å²) in [7, 11) is 1.79. The van der Waals surface area contributed by atoms with E-state index in [0.29, 0.717) is 6.54 Å². The second kappa shape index (κ2) is 9.22. The summed E-state index contributed by atoms with van der Waals surface area (Å²) in [6.45, 7) is 4.42. The summed E-state index contributed by atoms with van der Waals surface area (Å²) in [4.78, 5) is 9.02. The van der Waals surface area contributed by atoms with Crippen molar-refractivity contribution < 1.29 is 4.39 Å². The highest BCUT2D eigenvalue weighted by atomic mass is 127. The highest BCUT2D eigenvalue weighted by Gasteiger charge is 2.20. The molecule has 0 amide bonds. The van der Waals surface area contributed by atoms with Crippen LogP contribution in [0.2, 0.25) is 0 Å². The average molecular weight is 460 g/mol. The van der Waals surface area contributed by atoms with Gasteiger partial charge >= 0.3 is 0 Å². The minimum atomic E-state index is -0.205. The summed E-state index contributed by atoms with van der Waals surface area (Å²) in [5.41, 5.74) is 0.920. The number of nitrogens with zero attached hydrogens (tertiary/aromatic N) is 3. The Labute approximate surface area is 163 Å². The first-order valence-electron chi connectivity index (χ1n) is 7.75. The van der Waals surface area contributed by atoms with Crippen molar-refractivity contribution in [2.24, 2.45) is 4.99 Å². The van der Waals surface area contributed by atoms with E-state index in [1.807, 2.05) is 6.07 Å². The Balaban J connectivity index is 0.00000208. The maximum atomic E-state index is 13.2. The predicted octanol–water partition coefficient (Wildman–Crippen LogP) is 3.40. The van der Waals surface area contributed by atoms with E-state index in [2.05, 4.69) is 37.6 Å². The first-order valence-corrected chi connectivity index (χ1v) is 8.63. The molecule has 1 N–H and O–H groups in total. The lowest BCUT2D eigenvalue weighted by atomic mass is 10.2. The van der Waals surface area contributed by atoms with Gasteiger partial charge in [0.05, 0.1) is 5.00 Å². The van der Waals surface area contributed by atoms with Gasteiger partial charge in [-0.2, -0.15) is 0 Å². The molecule has 0 unspecified atom stereocenters. The van der Waals surface area contributed by atoms with Gasteiger partial charge in [0, 0.05) is 39.8 Å². The summed E-state index contributed by atoms with van der Waals surface area (Å²) in [6.07, 6.45) is 0. The van der Waals surface area contributed by atoms with Gasteiger partial charge in [0.25, 0.3) is 0 Å². The third-order valence-corrected chi connectivity index (χ3v) is 4.88. The molecule has 3 rings (SSSR count). The molecule has 130 valence electrons. The molecule has 1 aromatic carbocycles. The molecule has 0 aliphatic carbocycles. The summed E-state index contributed by atoms with van der Waals surface area (Å²) in [5.74, 6) is 0.670. The highest BCUT2D eigenvalue weighted by Crippen LogP contribution is 2.22. The van der Waals surface area contributed by atoms with E-state index >= 15 is 0 Å². The molecule has 0 saturated carbocycles. The monoisotopic (exact) mass is 460 g/mol. The average Bonchev–Trinajstić information content (AvgIpc) is 3.11. The zero-order valence-corrected chi connectivity index (χ0v) is 16.8. The largest absolute Gasteiger partial charge is 0.360 e. The Morgan fingerprint density at radius 3 is 2.62 bits per heavy atom. The molecular formula is C17H22FIN4S. The third kappa shape index (κ3) is 4.83. The van der Waals surface area contributed by atoms with Gasteiger partial charge in [0.2, 0.25) is 0 Å². The zero-order valence-electron chi connectivity index (χ0n) is 13.6. The Kier molecular flexibility index (Phi) is 7.29. The molecule has 1 aliphatic rings. The van der Waals surface area contributed by atoms with Crippen LogP contribution in [0.4, 0.5) is 9.39 Å². The molecule has 0 spiro atoms. The number of hydrogen-bond donors (Lipinski definition) is 1. The minimum Gasteiger partial charge on any atom is -0.360 e. The van der Waals surface area contributed by atoms with Crippen molar-refractivity contribution >= 4 is 46.3 Å². The third-order valence-electron chi connectivity index (χ3n) is 3.95. The van der Waals surface area contributed by atoms with E-state index in [9.17, 15) is 4.39 Å². The molecule has 1 saturated heterocycles. The van der Waals surface area contributed by atoms with Crippen molar-refractivity contribution in [3.8, 4) is 0 Å². The topological polar surface area (TPSA) is 30.9 Å². The molecule has 7 heteroatoms. The fourth-order valence-corrected chi connectivity index (χ4v) is 3.53. The number of aliphatic imine (C=N–C) groups is 1. The van der Waals surface area contributed by atoms with E-state index in [4.69, 9.17) is 0 Å². The van der Waals surface area contributed by atoms with Crippen LogP contribution in [-0.2, 0) is 6.54 Å². The molecule has 0 radical (unpaired) electrons. The van der Waals surface area contributed by atoms with Crippen molar-refractivity contribution in [1.82, 2.24) is 10.2 Å². The lowest BCUT2D eigenvalue weighted by Gasteiger charge is -2.37. The van der Waals surface area contributed by atoms with Gasteiger partial charge in [-0.3, -0.25) is 4.99 Å². The number of anilines is 1. The van der Waals surface area contributed by atoms with E-state index in [-0.39, 0.29) is 29.8 Å². The number of piperazine rings is 1. The lowest BCUT2D eigenvalue weighted by molar-refractivity contribution is 0.373. The van der Waals surface area contributed by atoms with Crippen molar-refractivity contribution in [1.29, 1.82) is 0 Å². The van der Waals surface area contributed by atoms with Gasteiger partial charge in [-0.15, -0.1) is 35.3 Å². The van der Waals surface area contributed by atoms with Crippen LogP contribution in [0.5, 0.6) is 0 Å². The molecule has 1 fully saturated rings. The number of guanidine groups is 1. The first-order chi connectivity index (χ1) is 11.3. The Morgan fingerprint density at radius 2 is 2.00 bits per heavy atom. The standard InChI is InChI=1S/C17H21FN4S.HI/c1-19-17(20-13-14-4-2-5-15(18)12-14)22-9-7-21(8-10-22)16-6-3-11-23-16;/h2-6,11-12H,7-10,13H2,1H3,(H,19,20);1H. The summed E-state index contributed by atoms with van der Waals surface area (Å²) >= 11 is 1.78. The van der Waals surface area contributed by atoms with Gasteiger partial charge < -0.3 is 15.1 Å². The molecule has 2 aromatic rings. The Hall–Kier alpha value is -1.35. The number of hydrogen-bond acceptors (Lipinski definition) is 3. The van der Waals surface area contributed by atoms with Crippen LogP contribution >= 0.6 is 35.3 Å². The maximum absolute atomic E-state index is 13.2. The molecule has 0 atom stereocenters. The normalized spacial score (nSPS) is 15.2. The number of benzene rings is 1. The van der Waals surface area contributed by atoms with Crippen molar-refractivity contribution in [2.75, 3.05) is 38.1 Å². The fraction of sp³-hybridized carbons (Fsp3) is 0.353. The van der Waals surface area contributed by atoms with Gasteiger partial charge in [-0.05, 0) is 35.2 Å². The van der Waals surface area contributed by atoms with Crippen molar-refractivity contribution in [3.05, 3.63) is 53.2 Å². The lowest BCUT2D eigenvalue weighted by Crippen LogP contribution is -2.52. The van der Waals surface area contributed by atoms with Gasteiger partial charge in [-0.25, -0.2) is 4.39 Å². The van der Waals surface area contributed by atoms with Crippen LogP contribution in [0.1, 0.15) is 5.56 Å². The Morgan fingerprint density at radius 1 is 1.21 bits per heavy atom. The quantitative estimate of drug-likeness (QED) is 0.433. The smallest absolute Gasteiger partial charge is 0.194 e. The second-order valence-electron chi connectivity index (χ2n) is 5.46. The molecule has 1 aromatic heterocycles. The van der Waals surface area contributed by atoms with Gasteiger partial charge in [0.1, 0.15) is 5.82 Å². The van der Waals surface area contributed by atoms with Gasteiger partial charge in [-0.1, -0.05) is 12.1 Å². The summed E-state index contributed by atoms with van der Waals surface area (Å²) < 4.78 is 13.2. The predicted molar refractivity (Wildman–Crippen MR) is 110 cm³/mol. The van der Waals surface area contributed by atoms with Crippen LogP contribution in [0.3, 0.4) is 0 Å². The van der Waals surface area contributed by atoms with Crippen molar-refractivity contribution in [2.45, 2.75) is 6.54 Å². The number of nitrogens with one attached hydrogen (secondary N) is 1. The SMILES string of the molecule is CN=C(NCc1cccc(F)c1)N1CCN(c2cccs2)CC1.I. The molecule has 24 heavy (non-hydrogen) atoms. The zero-order chi connectivity index (χ0) is 16.1. The van der Waals surface area contributed by atoms with Crippen LogP contribution in [0.25, 0.3) is 0 Å². The molecule has 2 heterocycles. The minimum absolute atomic E-state index is 0. The fourth-order valence-electron chi connectivity index (χ4n) is 2.75. The molecular weight excluding hydrogens is 438 g/mol. The van der Waals surface area contributed by atoms with Gasteiger partial charge in [0.15, 0.2) is 5.96 Å². The Bertz CT molecular complexity index is 654. The summed E-state index contributed by atoms with van der Waals surface area (Å²) in [5, 5.41) is 6.76. The van der Waals surface area contributed by atoms with E-state index < -0.39 is 0 Å². The number of halogens is 2. The van der Waals surface area contributed by atoms with Crippen molar-refractivity contribution in [3.63, 3.8) is 0 Å². The first kappa shape index (κ1) is 19.0. The molecule has 1 aliphatic heterocycles. The number of rotatable bonds is 3. The molecule has 0 bridgehead atoms. The number of thiophene rings is 1. The van der Waals surface area contributed by atoms with Crippen LogP contribution < -0.4 is 10.2 Å². The summed E-state index contributed by atoms with van der Waals surface area (Å²) in [6, 6.07) is 10.9.